The summed E-state index contributed by atoms with van der Waals surface area (Å²) in [6, 6.07) is 5.58. The smallest absolute Gasteiger partial charge is 0.319 e. The lowest BCUT2D eigenvalue weighted by atomic mass is 9.96. The number of pyridine rings is 2. The van der Waals surface area contributed by atoms with Gasteiger partial charge in [-0.1, -0.05) is 6.07 Å². The third-order valence-electron chi connectivity index (χ3n) is 3.60. The molecule has 5 nitrogen and oxygen atoms in total. The SMILES string of the molecule is O=C(NCc1cccnc1)Nc1cnc2c(c1)CCCC2. The van der Waals surface area contributed by atoms with Gasteiger partial charge in [-0.2, -0.15) is 0 Å². The number of hydrogen-bond acceptors (Lipinski definition) is 3. The van der Waals surface area contributed by atoms with Gasteiger partial charge in [0.1, 0.15) is 0 Å². The summed E-state index contributed by atoms with van der Waals surface area (Å²) in [7, 11) is 0. The quantitative estimate of drug-likeness (QED) is 0.909. The molecule has 0 aromatic carbocycles. The van der Waals surface area contributed by atoms with Crippen molar-refractivity contribution < 1.29 is 4.79 Å². The third kappa shape index (κ3) is 3.56. The van der Waals surface area contributed by atoms with E-state index in [1.807, 2.05) is 18.2 Å². The van der Waals surface area contributed by atoms with Crippen LogP contribution in [-0.2, 0) is 19.4 Å². The molecule has 0 unspecified atom stereocenters. The zero-order valence-corrected chi connectivity index (χ0v) is 11.8. The number of nitrogens with zero attached hydrogens (tertiary/aromatic N) is 2. The first-order chi connectivity index (χ1) is 10.3. The van der Waals surface area contributed by atoms with Crippen LogP contribution in [0.1, 0.15) is 29.7 Å². The van der Waals surface area contributed by atoms with Crippen LogP contribution >= 0.6 is 0 Å². The molecule has 0 atom stereocenters. The fraction of sp³-hybridized carbons (Fsp3) is 0.312. The predicted octanol–water partition coefficient (Wildman–Crippen LogP) is 2.68. The fourth-order valence-electron chi connectivity index (χ4n) is 2.52. The Labute approximate surface area is 123 Å². The molecule has 0 fully saturated rings. The van der Waals surface area contributed by atoms with Crippen LogP contribution in [0.4, 0.5) is 10.5 Å². The first-order valence-corrected chi connectivity index (χ1v) is 7.23. The van der Waals surface area contributed by atoms with Gasteiger partial charge >= 0.3 is 6.03 Å². The van der Waals surface area contributed by atoms with E-state index in [-0.39, 0.29) is 6.03 Å². The van der Waals surface area contributed by atoms with Crippen molar-refractivity contribution in [2.45, 2.75) is 32.2 Å². The second-order valence-corrected chi connectivity index (χ2v) is 5.21. The zero-order valence-electron chi connectivity index (χ0n) is 11.8. The van der Waals surface area contributed by atoms with E-state index in [1.54, 1.807) is 18.6 Å². The van der Waals surface area contributed by atoms with Crippen molar-refractivity contribution in [1.29, 1.82) is 0 Å². The molecule has 2 amide bonds. The van der Waals surface area contributed by atoms with Crippen molar-refractivity contribution in [2.75, 3.05) is 5.32 Å². The molecule has 3 rings (SSSR count). The van der Waals surface area contributed by atoms with E-state index in [0.717, 1.165) is 24.1 Å². The number of rotatable bonds is 3. The van der Waals surface area contributed by atoms with Crippen LogP contribution in [0.3, 0.4) is 0 Å². The van der Waals surface area contributed by atoms with Crippen molar-refractivity contribution in [3.05, 3.63) is 53.6 Å². The van der Waals surface area contributed by atoms with E-state index >= 15 is 0 Å². The maximum Gasteiger partial charge on any atom is 0.319 e. The number of urea groups is 1. The number of anilines is 1. The van der Waals surface area contributed by atoms with Gasteiger partial charge < -0.3 is 10.6 Å². The monoisotopic (exact) mass is 282 g/mol. The van der Waals surface area contributed by atoms with Gasteiger partial charge in [0.05, 0.1) is 11.9 Å². The lowest BCUT2D eigenvalue weighted by molar-refractivity contribution is 0.251. The number of fused-ring (bicyclic) bond motifs is 1. The molecule has 0 saturated heterocycles. The van der Waals surface area contributed by atoms with Gasteiger partial charge in [-0.3, -0.25) is 9.97 Å². The summed E-state index contributed by atoms with van der Waals surface area (Å²) in [5.41, 5.74) is 4.14. The average molecular weight is 282 g/mol. The second kappa shape index (κ2) is 6.35. The lowest BCUT2D eigenvalue weighted by Crippen LogP contribution is -2.28. The van der Waals surface area contributed by atoms with Crippen molar-refractivity contribution >= 4 is 11.7 Å². The van der Waals surface area contributed by atoms with Crippen LogP contribution in [0, 0.1) is 0 Å². The number of amides is 2. The Morgan fingerprint density at radius 3 is 3.00 bits per heavy atom. The number of nitrogens with one attached hydrogen (secondary N) is 2. The Bertz CT molecular complexity index is 627. The Morgan fingerprint density at radius 1 is 1.24 bits per heavy atom. The maximum absolute atomic E-state index is 11.9. The van der Waals surface area contributed by atoms with E-state index in [9.17, 15) is 4.79 Å². The Morgan fingerprint density at radius 2 is 2.14 bits per heavy atom. The number of carbonyl (C=O) groups is 1. The third-order valence-corrected chi connectivity index (χ3v) is 3.60. The summed E-state index contributed by atoms with van der Waals surface area (Å²) in [5, 5.41) is 5.64. The van der Waals surface area contributed by atoms with E-state index < -0.39 is 0 Å². The molecule has 0 spiro atoms. The van der Waals surface area contributed by atoms with Crippen LogP contribution in [0.5, 0.6) is 0 Å². The summed E-state index contributed by atoms with van der Waals surface area (Å²) < 4.78 is 0. The Hall–Kier alpha value is -2.43. The Balaban J connectivity index is 1.57. The molecule has 0 bridgehead atoms. The summed E-state index contributed by atoms with van der Waals surface area (Å²) >= 11 is 0. The number of hydrogen-bond donors (Lipinski definition) is 2. The first-order valence-electron chi connectivity index (χ1n) is 7.23. The van der Waals surface area contributed by atoms with Gasteiger partial charge in [-0.25, -0.2) is 4.79 Å². The van der Waals surface area contributed by atoms with Crippen LogP contribution < -0.4 is 10.6 Å². The Kier molecular flexibility index (Phi) is 4.09. The van der Waals surface area contributed by atoms with Crippen molar-refractivity contribution in [2.24, 2.45) is 0 Å². The van der Waals surface area contributed by atoms with Crippen LogP contribution in [-0.4, -0.2) is 16.0 Å². The van der Waals surface area contributed by atoms with Crippen LogP contribution in [0.2, 0.25) is 0 Å². The standard InChI is InChI=1S/C16H18N4O/c21-16(19-10-12-4-3-7-17-9-12)20-14-8-13-5-1-2-6-15(13)18-11-14/h3-4,7-9,11H,1-2,5-6,10H2,(H2,19,20,21). The van der Waals surface area contributed by atoms with Crippen LogP contribution in [0.15, 0.2) is 36.8 Å². The minimum atomic E-state index is -0.226. The molecule has 0 radical (unpaired) electrons. The largest absolute Gasteiger partial charge is 0.334 e. The number of carbonyl (C=O) groups excluding carboxylic acids is 1. The highest BCUT2D eigenvalue weighted by Gasteiger charge is 2.11. The van der Waals surface area contributed by atoms with Gasteiger partial charge in [0.15, 0.2) is 0 Å². The second-order valence-electron chi connectivity index (χ2n) is 5.21. The molecule has 2 aromatic rings. The number of aryl methyl sites for hydroxylation is 2. The number of aromatic nitrogens is 2. The van der Waals surface area contributed by atoms with Gasteiger partial charge in [-0.05, 0) is 48.9 Å². The normalized spacial score (nSPS) is 13.3. The lowest BCUT2D eigenvalue weighted by Gasteiger charge is -2.15. The molecule has 1 aliphatic carbocycles. The summed E-state index contributed by atoms with van der Waals surface area (Å²) in [6.45, 7) is 0.456. The van der Waals surface area contributed by atoms with Crippen molar-refractivity contribution in [3.8, 4) is 0 Å². The van der Waals surface area contributed by atoms with Gasteiger partial charge in [-0.15, -0.1) is 0 Å². The van der Waals surface area contributed by atoms with Gasteiger partial charge in [0, 0.05) is 24.6 Å². The summed E-state index contributed by atoms with van der Waals surface area (Å²) in [4.78, 5) is 20.3. The highest BCUT2D eigenvalue weighted by molar-refractivity contribution is 5.89. The van der Waals surface area contributed by atoms with E-state index in [1.165, 1.54) is 24.1 Å². The molecule has 108 valence electrons. The van der Waals surface area contributed by atoms with Crippen molar-refractivity contribution in [3.63, 3.8) is 0 Å². The maximum atomic E-state index is 11.9. The topological polar surface area (TPSA) is 66.9 Å². The van der Waals surface area contributed by atoms with Crippen molar-refractivity contribution in [1.82, 2.24) is 15.3 Å². The molecular formula is C16H18N4O. The highest BCUT2D eigenvalue weighted by Crippen LogP contribution is 2.21. The van der Waals surface area contributed by atoms with E-state index in [4.69, 9.17) is 0 Å². The molecule has 2 heterocycles. The average Bonchev–Trinajstić information content (AvgIpc) is 2.54. The molecule has 0 aliphatic heterocycles. The predicted molar refractivity (Wildman–Crippen MR) is 81.0 cm³/mol. The molecule has 5 heteroatoms. The zero-order chi connectivity index (χ0) is 14.5. The molecular weight excluding hydrogens is 264 g/mol. The molecule has 1 aliphatic rings. The molecule has 21 heavy (non-hydrogen) atoms. The first kappa shape index (κ1) is 13.5. The minimum absolute atomic E-state index is 0.226. The summed E-state index contributed by atoms with van der Waals surface area (Å²) in [5.74, 6) is 0. The summed E-state index contributed by atoms with van der Waals surface area (Å²) in [6.07, 6.45) is 9.68. The molecule has 2 N–H and O–H groups in total. The van der Waals surface area contributed by atoms with Gasteiger partial charge in [0.2, 0.25) is 0 Å². The minimum Gasteiger partial charge on any atom is -0.334 e. The van der Waals surface area contributed by atoms with Crippen LogP contribution in [0.25, 0.3) is 0 Å². The van der Waals surface area contributed by atoms with Gasteiger partial charge in [0.25, 0.3) is 0 Å². The molecule has 0 saturated carbocycles. The van der Waals surface area contributed by atoms with E-state index in [0.29, 0.717) is 6.54 Å². The van der Waals surface area contributed by atoms with E-state index in [2.05, 4.69) is 20.6 Å². The molecule has 2 aromatic heterocycles. The highest BCUT2D eigenvalue weighted by atomic mass is 16.2. The fourth-order valence-corrected chi connectivity index (χ4v) is 2.52.